The standard InChI is InChI=1S/C18H18FNO4/c1-12-5-7-13(8-6-12)17(22)18(23)20-10-15(21)11-24-16-4-2-3-14(19)9-16/h2-9,15,21H,10-11H2,1H3,(H,20,23)/t15-/m1/s1. The number of halogens is 1. The van der Waals surface area contributed by atoms with Gasteiger partial charge in [0.2, 0.25) is 5.78 Å². The number of benzene rings is 2. The van der Waals surface area contributed by atoms with Gasteiger partial charge in [0.05, 0.1) is 0 Å². The molecule has 1 atom stereocenters. The van der Waals surface area contributed by atoms with Crippen molar-refractivity contribution in [3.05, 3.63) is 65.5 Å². The lowest BCUT2D eigenvalue weighted by Crippen LogP contribution is -2.38. The van der Waals surface area contributed by atoms with Gasteiger partial charge in [-0.15, -0.1) is 0 Å². The van der Waals surface area contributed by atoms with Gasteiger partial charge in [-0.05, 0) is 19.1 Å². The Morgan fingerprint density at radius 1 is 1.21 bits per heavy atom. The summed E-state index contributed by atoms with van der Waals surface area (Å²) >= 11 is 0. The minimum absolute atomic E-state index is 0.136. The fourth-order valence-electron chi connectivity index (χ4n) is 1.93. The summed E-state index contributed by atoms with van der Waals surface area (Å²) < 4.78 is 18.2. The maximum absolute atomic E-state index is 13.0. The molecule has 0 aliphatic heterocycles. The number of ether oxygens (including phenoxy) is 1. The zero-order valence-electron chi connectivity index (χ0n) is 13.2. The van der Waals surface area contributed by atoms with E-state index in [4.69, 9.17) is 4.74 Å². The van der Waals surface area contributed by atoms with E-state index in [2.05, 4.69) is 5.32 Å². The molecule has 6 heteroatoms. The number of nitrogens with one attached hydrogen (secondary N) is 1. The molecule has 0 unspecified atom stereocenters. The molecule has 126 valence electrons. The number of carbonyl (C=O) groups excluding carboxylic acids is 2. The molecule has 0 bridgehead atoms. The third-order valence-corrected chi connectivity index (χ3v) is 3.26. The van der Waals surface area contributed by atoms with Crippen molar-refractivity contribution in [1.82, 2.24) is 5.32 Å². The molecule has 2 rings (SSSR count). The molecule has 24 heavy (non-hydrogen) atoms. The van der Waals surface area contributed by atoms with E-state index >= 15 is 0 Å². The van der Waals surface area contributed by atoms with E-state index in [9.17, 15) is 19.1 Å². The van der Waals surface area contributed by atoms with E-state index in [1.54, 1.807) is 30.3 Å². The van der Waals surface area contributed by atoms with Crippen molar-refractivity contribution >= 4 is 11.7 Å². The highest BCUT2D eigenvalue weighted by Crippen LogP contribution is 2.12. The molecule has 2 aromatic rings. The van der Waals surface area contributed by atoms with Crippen LogP contribution in [-0.2, 0) is 4.79 Å². The Balaban J connectivity index is 1.78. The number of amides is 1. The molecule has 0 fully saturated rings. The molecule has 0 spiro atoms. The highest BCUT2D eigenvalue weighted by molar-refractivity contribution is 6.42. The smallest absolute Gasteiger partial charge is 0.292 e. The zero-order chi connectivity index (χ0) is 17.5. The largest absolute Gasteiger partial charge is 0.491 e. The SMILES string of the molecule is Cc1ccc(C(=O)C(=O)NC[C@@H](O)COc2cccc(F)c2)cc1. The Kier molecular flexibility index (Phi) is 6.03. The number of ketones is 1. The first kappa shape index (κ1) is 17.6. The lowest BCUT2D eigenvalue weighted by atomic mass is 10.1. The monoisotopic (exact) mass is 331 g/mol. The molecule has 0 aliphatic rings. The third kappa shape index (κ3) is 5.17. The summed E-state index contributed by atoms with van der Waals surface area (Å²) in [6.45, 7) is 1.59. The highest BCUT2D eigenvalue weighted by atomic mass is 19.1. The number of aliphatic hydroxyl groups is 1. The Morgan fingerprint density at radius 3 is 2.58 bits per heavy atom. The average Bonchev–Trinajstić information content (AvgIpc) is 2.58. The summed E-state index contributed by atoms with van der Waals surface area (Å²) in [6.07, 6.45) is -1.02. The fraction of sp³-hybridized carbons (Fsp3) is 0.222. The molecule has 5 nitrogen and oxygen atoms in total. The van der Waals surface area contributed by atoms with Gasteiger partial charge in [0.25, 0.3) is 5.91 Å². The van der Waals surface area contributed by atoms with Crippen LogP contribution < -0.4 is 10.1 Å². The van der Waals surface area contributed by atoms with Gasteiger partial charge in [-0.1, -0.05) is 35.9 Å². The van der Waals surface area contributed by atoms with E-state index in [-0.39, 0.29) is 24.5 Å². The summed E-state index contributed by atoms with van der Waals surface area (Å²) in [5, 5.41) is 12.1. The first-order valence-corrected chi connectivity index (χ1v) is 7.41. The van der Waals surface area contributed by atoms with Gasteiger partial charge in [-0.25, -0.2) is 4.39 Å². The Morgan fingerprint density at radius 2 is 1.92 bits per heavy atom. The third-order valence-electron chi connectivity index (χ3n) is 3.26. The number of aliphatic hydroxyl groups excluding tert-OH is 1. The van der Waals surface area contributed by atoms with Crippen LogP contribution in [0.4, 0.5) is 4.39 Å². The van der Waals surface area contributed by atoms with Gasteiger partial charge in [0, 0.05) is 18.2 Å². The fourth-order valence-corrected chi connectivity index (χ4v) is 1.93. The van der Waals surface area contributed by atoms with Crippen molar-refractivity contribution in [2.24, 2.45) is 0 Å². The second-order valence-corrected chi connectivity index (χ2v) is 5.33. The molecule has 0 heterocycles. The van der Waals surface area contributed by atoms with Crippen LogP contribution in [0.3, 0.4) is 0 Å². The lowest BCUT2D eigenvalue weighted by molar-refractivity contribution is -0.117. The maximum atomic E-state index is 13.0. The summed E-state index contributed by atoms with van der Waals surface area (Å²) in [4.78, 5) is 23.7. The molecule has 0 aliphatic carbocycles. The number of carbonyl (C=O) groups is 2. The zero-order valence-corrected chi connectivity index (χ0v) is 13.2. The Labute approximate surface area is 139 Å². The highest BCUT2D eigenvalue weighted by Gasteiger charge is 2.17. The number of rotatable bonds is 7. The molecular weight excluding hydrogens is 313 g/mol. The van der Waals surface area contributed by atoms with E-state index in [1.807, 2.05) is 6.92 Å². The molecule has 0 radical (unpaired) electrons. The van der Waals surface area contributed by atoms with Crippen molar-refractivity contribution in [3.63, 3.8) is 0 Å². The van der Waals surface area contributed by atoms with Crippen LogP contribution in [0.5, 0.6) is 5.75 Å². The molecule has 2 N–H and O–H groups in total. The molecule has 2 aromatic carbocycles. The van der Waals surface area contributed by atoms with Crippen molar-refractivity contribution in [2.45, 2.75) is 13.0 Å². The normalized spacial score (nSPS) is 11.6. The Hall–Kier alpha value is -2.73. The molecule has 1 amide bonds. The van der Waals surface area contributed by atoms with E-state index < -0.39 is 23.6 Å². The summed E-state index contributed by atoms with van der Waals surface area (Å²) in [7, 11) is 0. The van der Waals surface area contributed by atoms with Crippen LogP contribution in [0, 0.1) is 12.7 Å². The molecular formula is C18H18FNO4. The average molecular weight is 331 g/mol. The first-order valence-electron chi connectivity index (χ1n) is 7.41. The van der Waals surface area contributed by atoms with Crippen LogP contribution in [0.1, 0.15) is 15.9 Å². The van der Waals surface area contributed by atoms with Crippen molar-refractivity contribution in [2.75, 3.05) is 13.2 Å². The minimum atomic E-state index is -1.02. The number of Topliss-reactive ketones (excluding diaryl/α,β-unsaturated/α-hetero) is 1. The maximum Gasteiger partial charge on any atom is 0.292 e. The van der Waals surface area contributed by atoms with Gasteiger partial charge >= 0.3 is 0 Å². The summed E-state index contributed by atoms with van der Waals surface area (Å²) in [5.41, 5.74) is 1.26. The molecule has 0 aromatic heterocycles. The minimum Gasteiger partial charge on any atom is -0.491 e. The lowest BCUT2D eigenvalue weighted by Gasteiger charge is -2.13. The first-order chi connectivity index (χ1) is 11.5. The van der Waals surface area contributed by atoms with E-state index in [1.165, 1.54) is 18.2 Å². The van der Waals surface area contributed by atoms with Gasteiger partial charge in [0.1, 0.15) is 24.3 Å². The molecule has 0 saturated carbocycles. The quantitative estimate of drug-likeness (QED) is 0.600. The van der Waals surface area contributed by atoms with Crippen molar-refractivity contribution < 1.29 is 23.8 Å². The van der Waals surface area contributed by atoms with Crippen LogP contribution >= 0.6 is 0 Å². The summed E-state index contributed by atoms with van der Waals surface area (Å²) in [6, 6.07) is 12.1. The number of hydrogen-bond donors (Lipinski definition) is 2. The summed E-state index contributed by atoms with van der Waals surface area (Å²) in [5.74, 6) is -1.65. The van der Waals surface area contributed by atoms with E-state index in [0.717, 1.165) is 5.56 Å². The van der Waals surface area contributed by atoms with Crippen LogP contribution in [0.25, 0.3) is 0 Å². The van der Waals surface area contributed by atoms with Crippen LogP contribution in [-0.4, -0.2) is 36.1 Å². The topological polar surface area (TPSA) is 75.6 Å². The number of hydrogen-bond acceptors (Lipinski definition) is 4. The molecule has 0 saturated heterocycles. The predicted octanol–water partition coefficient (Wildman–Crippen LogP) is 1.87. The van der Waals surface area contributed by atoms with Gasteiger partial charge < -0.3 is 15.2 Å². The van der Waals surface area contributed by atoms with Crippen molar-refractivity contribution in [1.29, 1.82) is 0 Å². The van der Waals surface area contributed by atoms with Crippen molar-refractivity contribution in [3.8, 4) is 5.75 Å². The van der Waals surface area contributed by atoms with Crippen LogP contribution in [0.2, 0.25) is 0 Å². The van der Waals surface area contributed by atoms with Gasteiger partial charge in [-0.3, -0.25) is 9.59 Å². The van der Waals surface area contributed by atoms with Gasteiger partial charge in [0.15, 0.2) is 0 Å². The Bertz CT molecular complexity index is 715. The predicted molar refractivity (Wildman–Crippen MR) is 86.4 cm³/mol. The van der Waals surface area contributed by atoms with Crippen LogP contribution in [0.15, 0.2) is 48.5 Å². The van der Waals surface area contributed by atoms with Gasteiger partial charge in [-0.2, -0.15) is 0 Å². The second kappa shape index (κ2) is 8.21. The number of aryl methyl sites for hydroxylation is 1. The van der Waals surface area contributed by atoms with E-state index in [0.29, 0.717) is 0 Å². The second-order valence-electron chi connectivity index (χ2n) is 5.33.